The molecule has 0 unspecified atom stereocenters. The van der Waals surface area contributed by atoms with Gasteiger partial charge in [0.2, 0.25) is 0 Å². The highest BCUT2D eigenvalue weighted by atomic mass is 16.5. The Hall–Kier alpha value is -1.69. The van der Waals surface area contributed by atoms with E-state index < -0.39 is 0 Å². The van der Waals surface area contributed by atoms with Gasteiger partial charge in [0.15, 0.2) is 11.5 Å². The third-order valence-corrected chi connectivity index (χ3v) is 2.80. The summed E-state index contributed by atoms with van der Waals surface area (Å²) in [4.78, 5) is 18.4. The molecule has 2 aromatic heterocycles. The molecular weight excluding hydrogens is 242 g/mol. The second-order valence-electron chi connectivity index (χ2n) is 4.78. The number of unbranched alkanes of at least 4 members (excludes halogenated alkanes) is 1. The van der Waals surface area contributed by atoms with E-state index in [1.54, 1.807) is 0 Å². The number of nitrogens with zero attached hydrogens (tertiary/aromatic N) is 4. The summed E-state index contributed by atoms with van der Waals surface area (Å²) in [5, 5.41) is 0. The number of anilines is 1. The largest absolute Gasteiger partial charge is 0.374 e. The molecule has 0 aliphatic heterocycles. The molecule has 0 spiro atoms. The summed E-state index contributed by atoms with van der Waals surface area (Å²) in [5.41, 5.74) is 1.56. The molecule has 2 heterocycles. The molecular formula is C13H21N5O. The lowest BCUT2D eigenvalue weighted by Gasteiger charge is -2.11. The summed E-state index contributed by atoms with van der Waals surface area (Å²) >= 11 is 0. The van der Waals surface area contributed by atoms with Gasteiger partial charge in [0, 0.05) is 20.7 Å². The first-order chi connectivity index (χ1) is 9.11. The van der Waals surface area contributed by atoms with Crippen LogP contribution in [0.15, 0.2) is 0 Å². The predicted octanol–water partition coefficient (Wildman–Crippen LogP) is 2.04. The maximum absolute atomic E-state index is 5.56. The smallest absolute Gasteiger partial charge is 0.183 e. The molecule has 2 rings (SSSR count). The van der Waals surface area contributed by atoms with Gasteiger partial charge >= 0.3 is 0 Å². The fourth-order valence-corrected chi connectivity index (χ4v) is 1.84. The molecule has 6 heteroatoms. The first-order valence-electron chi connectivity index (χ1n) is 6.60. The number of ether oxygens (including phenoxy) is 1. The molecule has 0 saturated heterocycles. The summed E-state index contributed by atoms with van der Waals surface area (Å²) in [6.07, 6.45) is 2.21. The van der Waals surface area contributed by atoms with Gasteiger partial charge in [-0.25, -0.2) is 15.0 Å². The van der Waals surface area contributed by atoms with E-state index in [1.807, 2.05) is 25.9 Å². The molecule has 0 atom stereocenters. The third-order valence-electron chi connectivity index (χ3n) is 2.80. The Kier molecular flexibility index (Phi) is 4.31. The molecule has 0 aliphatic carbocycles. The second kappa shape index (κ2) is 5.97. The summed E-state index contributed by atoms with van der Waals surface area (Å²) in [6.45, 7) is 5.27. The number of nitrogens with one attached hydrogen (secondary N) is 1. The number of H-pyrrole nitrogens is 1. The molecule has 0 aromatic carbocycles. The predicted molar refractivity (Wildman–Crippen MR) is 75.3 cm³/mol. The quantitative estimate of drug-likeness (QED) is 0.808. The van der Waals surface area contributed by atoms with Crippen molar-refractivity contribution in [1.29, 1.82) is 0 Å². The molecule has 19 heavy (non-hydrogen) atoms. The maximum atomic E-state index is 5.56. The zero-order valence-corrected chi connectivity index (χ0v) is 12.0. The molecule has 104 valence electrons. The van der Waals surface area contributed by atoms with E-state index in [0.29, 0.717) is 12.3 Å². The van der Waals surface area contributed by atoms with Crippen LogP contribution in [0.1, 0.15) is 31.4 Å². The van der Waals surface area contributed by atoms with Crippen molar-refractivity contribution in [1.82, 2.24) is 19.9 Å². The number of imidazole rings is 1. The van der Waals surface area contributed by atoms with Crippen LogP contribution in [-0.2, 0) is 11.3 Å². The van der Waals surface area contributed by atoms with Crippen molar-refractivity contribution in [3.8, 4) is 0 Å². The molecule has 2 aromatic rings. The van der Waals surface area contributed by atoms with Crippen LogP contribution >= 0.6 is 0 Å². The number of hydrogen-bond acceptors (Lipinski definition) is 5. The van der Waals surface area contributed by atoms with E-state index in [1.165, 1.54) is 0 Å². The number of fused-ring (bicyclic) bond motifs is 1. The minimum atomic E-state index is 0.488. The molecule has 0 amide bonds. The number of aromatic amines is 1. The van der Waals surface area contributed by atoms with Gasteiger partial charge in [-0.15, -0.1) is 0 Å². The van der Waals surface area contributed by atoms with Crippen LogP contribution in [0.5, 0.6) is 0 Å². The molecule has 0 radical (unpaired) electrons. The SMILES string of the molecule is CCCCOCc1nc2nc(C)nc(N(C)C)c2[nH]1. The number of aryl methyl sites for hydroxylation is 1. The van der Waals surface area contributed by atoms with Crippen LogP contribution in [0, 0.1) is 6.92 Å². The lowest BCUT2D eigenvalue weighted by molar-refractivity contribution is 0.113. The molecule has 0 bridgehead atoms. The minimum Gasteiger partial charge on any atom is -0.374 e. The Labute approximate surface area is 113 Å². The lowest BCUT2D eigenvalue weighted by Crippen LogP contribution is -2.12. The zero-order valence-electron chi connectivity index (χ0n) is 12.0. The van der Waals surface area contributed by atoms with Crippen molar-refractivity contribution in [2.75, 3.05) is 25.6 Å². The molecule has 0 aliphatic rings. The highest BCUT2D eigenvalue weighted by Crippen LogP contribution is 2.20. The first kappa shape index (κ1) is 13.7. The van der Waals surface area contributed by atoms with Gasteiger partial charge in [-0.3, -0.25) is 0 Å². The van der Waals surface area contributed by atoms with Crippen molar-refractivity contribution in [2.45, 2.75) is 33.3 Å². The third kappa shape index (κ3) is 3.20. The Morgan fingerprint density at radius 2 is 2.00 bits per heavy atom. The first-order valence-corrected chi connectivity index (χ1v) is 6.60. The molecule has 0 fully saturated rings. The van der Waals surface area contributed by atoms with E-state index in [9.17, 15) is 0 Å². The van der Waals surface area contributed by atoms with Crippen LogP contribution in [0.4, 0.5) is 5.82 Å². The zero-order chi connectivity index (χ0) is 13.8. The summed E-state index contributed by atoms with van der Waals surface area (Å²) < 4.78 is 5.56. The Morgan fingerprint density at radius 1 is 1.21 bits per heavy atom. The lowest BCUT2D eigenvalue weighted by atomic mass is 10.4. The average molecular weight is 263 g/mol. The van der Waals surface area contributed by atoms with E-state index >= 15 is 0 Å². The Morgan fingerprint density at radius 3 is 2.68 bits per heavy atom. The van der Waals surface area contributed by atoms with Gasteiger partial charge in [-0.1, -0.05) is 13.3 Å². The van der Waals surface area contributed by atoms with Gasteiger partial charge in [-0.05, 0) is 13.3 Å². The van der Waals surface area contributed by atoms with E-state index in [0.717, 1.165) is 42.4 Å². The second-order valence-corrected chi connectivity index (χ2v) is 4.78. The maximum Gasteiger partial charge on any atom is 0.183 e. The van der Waals surface area contributed by atoms with Crippen LogP contribution in [0.25, 0.3) is 11.2 Å². The summed E-state index contributed by atoms with van der Waals surface area (Å²) in [5.74, 6) is 2.38. The fraction of sp³-hybridized carbons (Fsp3) is 0.615. The van der Waals surface area contributed by atoms with Crippen molar-refractivity contribution in [2.24, 2.45) is 0 Å². The van der Waals surface area contributed by atoms with Crippen LogP contribution in [0.2, 0.25) is 0 Å². The van der Waals surface area contributed by atoms with Gasteiger partial charge in [0.1, 0.15) is 23.8 Å². The standard InChI is InChI=1S/C13H21N5O/c1-5-6-7-19-8-10-16-11-12(17-10)14-9(2)15-13(11)18(3)4/h5-8H2,1-4H3,(H,14,15,16,17). The van der Waals surface area contributed by atoms with Crippen LogP contribution < -0.4 is 4.90 Å². The highest BCUT2D eigenvalue weighted by molar-refractivity contribution is 5.83. The highest BCUT2D eigenvalue weighted by Gasteiger charge is 2.12. The fourth-order valence-electron chi connectivity index (χ4n) is 1.84. The summed E-state index contributed by atoms with van der Waals surface area (Å²) in [6, 6.07) is 0. The van der Waals surface area contributed by atoms with E-state index in [2.05, 4.69) is 26.9 Å². The normalized spacial score (nSPS) is 11.2. The van der Waals surface area contributed by atoms with Crippen LogP contribution in [0.3, 0.4) is 0 Å². The number of hydrogen-bond donors (Lipinski definition) is 1. The minimum absolute atomic E-state index is 0.488. The average Bonchev–Trinajstić information content (AvgIpc) is 2.76. The Bertz CT molecular complexity index is 549. The number of aromatic nitrogens is 4. The number of rotatable bonds is 6. The monoisotopic (exact) mass is 263 g/mol. The van der Waals surface area contributed by atoms with Gasteiger partial charge in [-0.2, -0.15) is 0 Å². The van der Waals surface area contributed by atoms with Gasteiger partial charge in [0.25, 0.3) is 0 Å². The van der Waals surface area contributed by atoms with Gasteiger partial charge < -0.3 is 14.6 Å². The van der Waals surface area contributed by atoms with E-state index in [4.69, 9.17) is 4.74 Å². The molecule has 1 N–H and O–H groups in total. The topological polar surface area (TPSA) is 66.9 Å². The molecule has 0 saturated carbocycles. The summed E-state index contributed by atoms with van der Waals surface area (Å²) in [7, 11) is 3.92. The van der Waals surface area contributed by atoms with Crippen LogP contribution in [-0.4, -0.2) is 40.6 Å². The van der Waals surface area contributed by atoms with Crippen molar-refractivity contribution in [3.63, 3.8) is 0 Å². The van der Waals surface area contributed by atoms with Crippen molar-refractivity contribution in [3.05, 3.63) is 11.6 Å². The Balaban J connectivity index is 2.22. The van der Waals surface area contributed by atoms with Crippen molar-refractivity contribution >= 4 is 17.0 Å². The van der Waals surface area contributed by atoms with E-state index in [-0.39, 0.29) is 0 Å². The molecule has 6 nitrogen and oxygen atoms in total. The van der Waals surface area contributed by atoms with Crippen molar-refractivity contribution < 1.29 is 4.74 Å². The van der Waals surface area contributed by atoms with Gasteiger partial charge in [0.05, 0.1) is 0 Å².